The van der Waals surface area contributed by atoms with E-state index in [9.17, 15) is 9.59 Å². The molecule has 0 fully saturated rings. The molecule has 0 saturated heterocycles. The molecule has 1 aliphatic heterocycles. The standard InChI is InChI=1S/C26H23N3O4S/c1-17(30)28-16-23(33-22-11-7-6-10-21(22)28)25(31)29(15-18-8-4-3-5-9-18)26-27-20-13-12-19(32-2)14-24(20)34-26/h3-14,23H,15-16H2,1-2H3/t23-/m1/s1. The highest BCUT2D eigenvalue weighted by Crippen LogP contribution is 2.36. The molecule has 7 nitrogen and oxygen atoms in total. The van der Waals surface area contributed by atoms with Crippen LogP contribution < -0.4 is 19.3 Å². The van der Waals surface area contributed by atoms with E-state index < -0.39 is 6.10 Å². The molecule has 2 amide bonds. The molecule has 2 heterocycles. The summed E-state index contributed by atoms with van der Waals surface area (Å²) in [6.07, 6.45) is -0.857. The molecule has 172 valence electrons. The molecule has 3 aromatic carbocycles. The van der Waals surface area contributed by atoms with Crippen LogP contribution in [-0.2, 0) is 16.1 Å². The number of fused-ring (bicyclic) bond motifs is 2. The quantitative estimate of drug-likeness (QED) is 0.422. The Hall–Kier alpha value is -3.91. The SMILES string of the molecule is COc1ccc2nc(N(Cc3ccccc3)C(=O)[C@H]3CN(C(C)=O)c4ccccc4O3)sc2c1. The van der Waals surface area contributed by atoms with Crippen molar-refractivity contribution in [3.05, 3.63) is 78.4 Å². The summed E-state index contributed by atoms with van der Waals surface area (Å²) in [5.41, 5.74) is 2.42. The zero-order chi connectivity index (χ0) is 23.7. The molecule has 1 aromatic heterocycles. The average Bonchev–Trinajstić information content (AvgIpc) is 3.29. The Morgan fingerprint density at radius 1 is 1.12 bits per heavy atom. The fourth-order valence-electron chi connectivity index (χ4n) is 3.98. The Kier molecular flexibility index (Phi) is 5.90. The number of benzene rings is 3. The van der Waals surface area contributed by atoms with E-state index in [1.807, 2.05) is 66.7 Å². The summed E-state index contributed by atoms with van der Waals surface area (Å²) in [6.45, 7) is 1.96. The first-order chi connectivity index (χ1) is 16.5. The molecule has 4 aromatic rings. The number of carbonyl (C=O) groups is 2. The van der Waals surface area contributed by atoms with Crippen LogP contribution >= 0.6 is 11.3 Å². The van der Waals surface area contributed by atoms with E-state index >= 15 is 0 Å². The van der Waals surface area contributed by atoms with Crippen LogP contribution in [0.1, 0.15) is 12.5 Å². The molecule has 0 saturated carbocycles. The van der Waals surface area contributed by atoms with Gasteiger partial charge in [-0.3, -0.25) is 14.5 Å². The first kappa shape index (κ1) is 21.9. The van der Waals surface area contributed by atoms with Crippen molar-refractivity contribution in [1.29, 1.82) is 0 Å². The molecule has 0 aliphatic carbocycles. The zero-order valence-corrected chi connectivity index (χ0v) is 19.6. The minimum Gasteiger partial charge on any atom is -0.497 e. The Morgan fingerprint density at radius 2 is 1.88 bits per heavy atom. The van der Waals surface area contributed by atoms with Gasteiger partial charge in [0.05, 0.1) is 36.1 Å². The van der Waals surface area contributed by atoms with Gasteiger partial charge in [0.2, 0.25) is 5.91 Å². The number of ether oxygens (including phenoxy) is 2. The lowest BCUT2D eigenvalue weighted by atomic mass is 10.1. The Bertz CT molecular complexity index is 1350. The number of amides is 2. The van der Waals surface area contributed by atoms with E-state index in [1.54, 1.807) is 23.0 Å². The summed E-state index contributed by atoms with van der Waals surface area (Å²) in [6, 6.07) is 22.6. The Balaban J connectivity index is 1.53. The molecular formula is C26H23N3O4S. The van der Waals surface area contributed by atoms with E-state index in [-0.39, 0.29) is 18.4 Å². The minimum absolute atomic E-state index is 0.134. The van der Waals surface area contributed by atoms with Crippen LogP contribution in [0.25, 0.3) is 10.2 Å². The number of anilines is 2. The number of methoxy groups -OCH3 is 1. The van der Waals surface area contributed by atoms with Gasteiger partial charge in [-0.1, -0.05) is 53.8 Å². The van der Waals surface area contributed by atoms with Gasteiger partial charge < -0.3 is 14.4 Å². The number of para-hydroxylation sites is 2. The maximum atomic E-state index is 13.9. The van der Waals surface area contributed by atoms with Gasteiger partial charge in [0, 0.05) is 6.92 Å². The summed E-state index contributed by atoms with van der Waals surface area (Å²) in [7, 11) is 1.62. The fourth-order valence-corrected chi connectivity index (χ4v) is 4.97. The summed E-state index contributed by atoms with van der Waals surface area (Å²) >= 11 is 1.42. The van der Waals surface area contributed by atoms with Crippen molar-refractivity contribution in [2.24, 2.45) is 0 Å². The normalized spacial score (nSPS) is 14.9. The molecular weight excluding hydrogens is 450 g/mol. The van der Waals surface area contributed by atoms with Crippen molar-refractivity contribution in [2.45, 2.75) is 19.6 Å². The van der Waals surface area contributed by atoms with Gasteiger partial charge in [-0.25, -0.2) is 4.98 Å². The van der Waals surface area contributed by atoms with Gasteiger partial charge in [-0.15, -0.1) is 0 Å². The number of aromatic nitrogens is 1. The highest BCUT2D eigenvalue weighted by atomic mass is 32.1. The van der Waals surface area contributed by atoms with E-state index in [1.165, 1.54) is 18.3 Å². The lowest BCUT2D eigenvalue weighted by molar-refractivity contribution is -0.125. The van der Waals surface area contributed by atoms with Crippen LogP contribution in [0, 0.1) is 0 Å². The van der Waals surface area contributed by atoms with Crippen LogP contribution in [0.15, 0.2) is 72.8 Å². The highest BCUT2D eigenvalue weighted by molar-refractivity contribution is 7.22. The highest BCUT2D eigenvalue weighted by Gasteiger charge is 2.36. The number of hydrogen-bond acceptors (Lipinski definition) is 6. The van der Waals surface area contributed by atoms with Gasteiger partial charge in [-0.05, 0) is 35.9 Å². The fraction of sp³-hybridized carbons (Fsp3) is 0.192. The number of carbonyl (C=O) groups excluding carboxylic acids is 2. The molecule has 1 atom stereocenters. The minimum atomic E-state index is -0.857. The predicted molar refractivity (Wildman–Crippen MR) is 133 cm³/mol. The van der Waals surface area contributed by atoms with Crippen LogP contribution in [0.2, 0.25) is 0 Å². The summed E-state index contributed by atoms with van der Waals surface area (Å²) in [4.78, 5) is 34.2. The van der Waals surface area contributed by atoms with Crippen molar-refractivity contribution in [3.8, 4) is 11.5 Å². The van der Waals surface area contributed by atoms with Crippen LogP contribution in [0.3, 0.4) is 0 Å². The Labute approximate surface area is 201 Å². The molecule has 5 rings (SSSR count). The summed E-state index contributed by atoms with van der Waals surface area (Å²) in [5, 5.41) is 0.564. The molecule has 0 radical (unpaired) electrons. The first-order valence-electron chi connectivity index (χ1n) is 10.9. The smallest absolute Gasteiger partial charge is 0.272 e. The average molecular weight is 474 g/mol. The molecule has 0 N–H and O–H groups in total. The van der Waals surface area contributed by atoms with Crippen LogP contribution in [-0.4, -0.2) is 36.6 Å². The van der Waals surface area contributed by atoms with Gasteiger partial charge in [0.15, 0.2) is 11.2 Å². The zero-order valence-electron chi connectivity index (χ0n) is 18.8. The third kappa shape index (κ3) is 4.20. The number of nitrogens with zero attached hydrogens (tertiary/aromatic N) is 3. The maximum absolute atomic E-state index is 13.9. The van der Waals surface area contributed by atoms with Crippen molar-refractivity contribution in [3.63, 3.8) is 0 Å². The number of rotatable bonds is 5. The molecule has 8 heteroatoms. The predicted octanol–water partition coefficient (Wildman–Crippen LogP) is 4.65. The second-order valence-electron chi connectivity index (χ2n) is 7.94. The van der Waals surface area contributed by atoms with Gasteiger partial charge in [-0.2, -0.15) is 0 Å². The van der Waals surface area contributed by atoms with E-state index in [0.29, 0.717) is 23.1 Å². The first-order valence-corrected chi connectivity index (χ1v) is 11.7. The lowest BCUT2D eigenvalue weighted by Gasteiger charge is -2.35. The molecule has 0 unspecified atom stereocenters. The number of hydrogen-bond donors (Lipinski definition) is 0. The van der Waals surface area contributed by atoms with Gasteiger partial charge in [0.1, 0.15) is 11.5 Å². The van der Waals surface area contributed by atoms with Gasteiger partial charge >= 0.3 is 0 Å². The lowest BCUT2D eigenvalue weighted by Crippen LogP contribution is -2.51. The van der Waals surface area contributed by atoms with Crippen molar-refractivity contribution >= 4 is 44.2 Å². The summed E-state index contributed by atoms with van der Waals surface area (Å²) < 4.78 is 12.4. The molecule has 0 bridgehead atoms. The van der Waals surface area contributed by atoms with E-state index in [2.05, 4.69) is 0 Å². The van der Waals surface area contributed by atoms with Gasteiger partial charge in [0.25, 0.3) is 5.91 Å². The third-order valence-corrected chi connectivity index (χ3v) is 6.74. The van der Waals surface area contributed by atoms with Crippen LogP contribution in [0.4, 0.5) is 10.8 Å². The van der Waals surface area contributed by atoms with Crippen molar-refractivity contribution in [1.82, 2.24) is 4.98 Å². The van der Waals surface area contributed by atoms with Crippen molar-refractivity contribution < 1.29 is 19.1 Å². The summed E-state index contributed by atoms with van der Waals surface area (Å²) in [5.74, 6) is 0.842. The Morgan fingerprint density at radius 3 is 2.65 bits per heavy atom. The molecule has 34 heavy (non-hydrogen) atoms. The second kappa shape index (κ2) is 9.15. The number of thiazole rings is 1. The van der Waals surface area contributed by atoms with E-state index in [0.717, 1.165) is 21.5 Å². The largest absolute Gasteiger partial charge is 0.497 e. The van der Waals surface area contributed by atoms with Crippen molar-refractivity contribution in [2.75, 3.05) is 23.5 Å². The monoisotopic (exact) mass is 473 g/mol. The topological polar surface area (TPSA) is 72.0 Å². The molecule has 1 aliphatic rings. The van der Waals surface area contributed by atoms with Crippen LogP contribution in [0.5, 0.6) is 11.5 Å². The third-order valence-electron chi connectivity index (χ3n) is 5.69. The van der Waals surface area contributed by atoms with E-state index in [4.69, 9.17) is 14.5 Å². The second-order valence-corrected chi connectivity index (χ2v) is 8.95. The molecule has 0 spiro atoms. The maximum Gasteiger partial charge on any atom is 0.272 e.